The molecule has 4 heteroatoms. The predicted octanol–water partition coefficient (Wildman–Crippen LogP) is 4.44. The van der Waals surface area contributed by atoms with Crippen molar-refractivity contribution in [3.8, 4) is 0 Å². The fourth-order valence-electron chi connectivity index (χ4n) is 1.95. The molecule has 18 heavy (non-hydrogen) atoms. The lowest BCUT2D eigenvalue weighted by molar-refractivity contribution is 0.158. The third-order valence-electron chi connectivity index (χ3n) is 2.80. The van der Waals surface area contributed by atoms with Gasteiger partial charge in [0.05, 0.1) is 6.10 Å². The van der Waals surface area contributed by atoms with Crippen molar-refractivity contribution >= 4 is 19.4 Å². The molecule has 0 fully saturated rings. The molecule has 0 bridgehead atoms. The Morgan fingerprint density at radius 3 is 2.33 bits per heavy atom. The number of fused-ring (bicyclic) bond motifs is 1. The van der Waals surface area contributed by atoms with E-state index in [4.69, 9.17) is 13.6 Å². The Bertz CT molecular complexity index is 506. The highest BCUT2D eigenvalue weighted by Gasteiger charge is 2.16. The van der Waals surface area contributed by atoms with E-state index in [0.717, 1.165) is 5.56 Å². The fourth-order valence-corrected chi connectivity index (χ4v) is 2.64. The second-order valence-electron chi connectivity index (χ2n) is 3.90. The van der Waals surface area contributed by atoms with E-state index in [9.17, 15) is 0 Å². The van der Waals surface area contributed by atoms with Crippen molar-refractivity contribution in [1.29, 1.82) is 0 Å². The van der Waals surface area contributed by atoms with E-state index in [2.05, 4.69) is 24.3 Å². The topological polar surface area (TPSA) is 27.7 Å². The summed E-state index contributed by atoms with van der Waals surface area (Å²) in [5.41, 5.74) is 1.15. The SMILES string of the molecule is COP(OC)O[C@H](C)c1cccc2ccccc12. The average Bonchev–Trinajstić information content (AvgIpc) is 2.43. The van der Waals surface area contributed by atoms with E-state index >= 15 is 0 Å². The summed E-state index contributed by atoms with van der Waals surface area (Å²) in [5, 5.41) is 2.42. The molecule has 0 radical (unpaired) electrons. The largest absolute Gasteiger partial charge is 0.332 e. The third-order valence-corrected chi connectivity index (χ3v) is 3.89. The first-order valence-electron chi connectivity index (χ1n) is 5.79. The van der Waals surface area contributed by atoms with Gasteiger partial charge in [0.25, 0.3) is 0 Å². The Morgan fingerprint density at radius 2 is 1.61 bits per heavy atom. The summed E-state index contributed by atoms with van der Waals surface area (Å²) in [4.78, 5) is 0. The van der Waals surface area contributed by atoms with Gasteiger partial charge in [-0.25, -0.2) is 0 Å². The van der Waals surface area contributed by atoms with E-state index in [1.54, 1.807) is 14.2 Å². The molecule has 0 aliphatic carbocycles. The van der Waals surface area contributed by atoms with Gasteiger partial charge in [-0.1, -0.05) is 42.5 Å². The molecule has 1 atom stereocenters. The molecule has 0 unspecified atom stereocenters. The molecule has 0 spiro atoms. The quantitative estimate of drug-likeness (QED) is 0.747. The summed E-state index contributed by atoms with van der Waals surface area (Å²) < 4.78 is 16.0. The maximum Gasteiger partial charge on any atom is 0.332 e. The Hall–Kier alpha value is -0.990. The smallest absolute Gasteiger partial charge is 0.316 e. The molecule has 0 amide bonds. The van der Waals surface area contributed by atoms with Gasteiger partial charge >= 0.3 is 8.60 Å². The Morgan fingerprint density at radius 1 is 0.944 bits per heavy atom. The summed E-state index contributed by atoms with van der Waals surface area (Å²) in [6, 6.07) is 14.5. The molecule has 0 N–H and O–H groups in total. The Labute approximate surface area is 109 Å². The molecule has 0 aromatic heterocycles. The van der Waals surface area contributed by atoms with Crippen LogP contribution in [0.4, 0.5) is 0 Å². The Kier molecular flexibility index (Phi) is 4.67. The second-order valence-corrected chi connectivity index (χ2v) is 5.29. The zero-order chi connectivity index (χ0) is 13.0. The number of hydrogen-bond acceptors (Lipinski definition) is 3. The Balaban J connectivity index is 2.30. The lowest BCUT2D eigenvalue weighted by atomic mass is 10.0. The van der Waals surface area contributed by atoms with E-state index in [-0.39, 0.29) is 6.10 Å². The van der Waals surface area contributed by atoms with Gasteiger partial charge < -0.3 is 13.6 Å². The van der Waals surface area contributed by atoms with Crippen LogP contribution in [0.2, 0.25) is 0 Å². The first kappa shape index (κ1) is 13.4. The molecule has 0 aliphatic heterocycles. The van der Waals surface area contributed by atoms with E-state index in [1.807, 2.05) is 25.1 Å². The molecule has 2 rings (SSSR count). The molecule has 0 saturated heterocycles. The minimum absolute atomic E-state index is 0.0675. The van der Waals surface area contributed by atoms with Crippen LogP contribution in [0.5, 0.6) is 0 Å². The van der Waals surface area contributed by atoms with Crippen LogP contribution in [-0.4, -0.2) is 14.2 Å². The summed E-state index contributed by atoms with van der Waals surface area (Å²) in [5.74, 6) is 0. The van der Waals surface area contributed by atoms with Gasteiger partial charge in [0.15, 0.2) is 0 Å². The van der Waals surface area contributed by atoms with Crippen LogP contribution in [0.25, 0.3) is 10.8 Å². The van der Waals surface area contributed by atoms with E-state index in [1.165, 1.54) is 10.8 Å². The van der Waals surface area contributed by atoms with Gasteiger partial charge in [-0.3, -0.25) is 0 Å². The number of benzene rings is 2. The van der Waals surface area contributed by atoms with Gasteiger partial charge in [-0.2, -0.15) is 0 Å². The van der Waals surface area contributed by atoms with Gasteiger partial charge in [-0.15, -0.1) is 0 Å². The van der Waals surface area contributed by atoms with Gasteiger partial charge in [-0.05, 0) is 23.3 Å². The highest BCUT2D eigenvalue weighted by molar-refractivity contribution is 7.41. The van der Waals surface area contributed by atoms with Crippen molar-refractivity contribution in [3.05, 3.63) is 48.0 Å². The fraction of sp³-hybridized carbons (Fsp3) is 0.286. The van der Waals surface area contributed by atoms with Crippen molar-refractivity contribution in [2.45, 2.75) is 13.0 Å². The molecule has 2 aromatic rings. The van der Waals surface area contributed by atoms with E-state index < -0.39 is 8.60 Å². The number of rotatable bonds is 5. The summed E-state index contributed by atoms with van der Waals surface area (Å²) in [6.45, 7) is 2.01. The first-order chi connectivity index (χ1) is 8.76. The molecule has 3 nitrogen and oxygen atoms in total. The minimum Gasteiger partial charge on any atom is -0.316 e. The average molecular weight is 264 g/mol. The van der Waals surface area contributed by atoms with Gasteiger partial charge in [0.1, 0.15) is 0 Å². The van der Waals surface area contributed by atoms with Crippen LogP contribution in [0.3, 0.4) is 0 Å². The van der Waals surface area contributed by atoms with Crippen LogP contribution in [0.15, 0.2) is 42.5 Å². The second kappa shape index (κ2) is 6.26. The van der Waals surface area contributed by atoms with E-state index in [0.29, 0.717) is 0 Å². The van der Waals surface area contributed by atoms with Crippen LogP contribution in [0.1, 0.15) is 18.6 Å². The van der Waals surface area contributed by atoms with Crippen LogP contribution in [0, 0.1) is 0 Å². The summed E-state index contributed by atoms with van der Waals surface area (Å²) in [7, 11) is 1.90. The zero-order valence-electron chi connectivity index (χ0n) is 10.8. The van der Waals surface area contributed by atoms with Crippen molar-refractivity contribution in [2.24, 2.45) is 0 Å². The lowest BCUT2D eigenvalue weighted by Crippen LogP contribution is -1.99. The summed E-state index contributed by atoms with van der Waals surface area (Å²) >= 11 is 0. The molecule has 0 heterocycles. The van der Waals surface area contributed by atoms with Crippen molar-refractivity contribution < 1.29 is 13.6 Å². The van der Waals surface area contributed by atoms with Crippen molar-refractivity contribution in [3.63, 3.8) is 0 Å². The highest BCUT2D eigenvalue weighted by Crippen LogP contribution is 2.43. The van der Waals surface area contributed by atoms with Gasteiger partial charge in [0.2, 0.25) is 0 Å². The molecule has 0 saturated carbocycles. The standard InChI is InChI=1S/C14H17O3P/c1-11(17-18(15-2)16-3)13-10-6-8-12-7-4-5-9-14(12)13/h4-11H,1-3H3/t11-/m1/s1. The zero-order valence-corrected chi connectivity index (χ0v) is 11.7. The molecular weight excluding hydrogens is 247 g/mol. The molecular formula is C14H17O3P. The minimum atomic E-state index is -1.27. The number of hydrogen-bond donors (Lipinski definition) is 0. The first-order valence-corrected chi connectivity index (χ1v) is 6.88. The third kappa shape index (κ3) is 2.88. The van der Waals surface area contributed by atoms with Crippen LogP contribution >= 0.6 is 8.60 Å². The van der Waals surface area contributed by atoms with Crippen molar-refractivity contribution in [1.82, 2.24) is 0 Å². The molecule has 0 aliphatic rings. The maximum absolute atomic E-state index is 5.76. The van der Waals surface area contributed by atoms with Crippen LogP contribution in [-0.2, 0) is 13.6 Å². The summed E-state index contributed by atoms with van der Waals surface area (Å²) in [6.07, 6.45) is -0.0675. The monoisotopic (exact) mass is 264 g/mol. The van der Waals surface area contributed by atoms with Crippen LogP contribution < -0.4 is 0 Å². The molecule has 2 aromatic carbocycles. The lowest BCUT2D eigenvalue weighted by Gasteiger charge is -2.19. The molecule has 96 valence electrons. The normalized spacial score (nSPS) is 13.1. The van der Waals surface area contributed by atoms with Gasteiger partial charge in [0, 0.05) is 14.2 Å². The maximum atomic E-state index is 5.76. The highest BCUT2D eigenvalue weighted by atomic mass is 31.2. The predicted molar refractivity (Wildman–Crippen MR) is 74.4 cm³/mol. The van der Waals surface area contributed by atoms with Crippen molar-refractivity contribution in [2.75, 3.05) is 14.2 Å².